The molecule has 3 aromatic rings. The minimum absolute atomic E-state index is 0.141. The van der Waals surface area contributed by atoms with E-state index in [9.17, 15) is 9.59 Å². The molecule has 1 aliphatic rings. The Morgan fingerprint density at radius 1 is 1.09 bits per heavy atom. The minimum Gasteiger partial charge on any atom is -0.497 e. The van der Waals surface area contributed by atoms with E-state index < -0.39 is 0 Å². The van der Waals surface area contributed by atoms with Gasteiger partial charge in [-0.3, -0.25) is 18.9 Å². The van der Waals surface area contributed by atoms with Crippen molar-refractivity contribution in [2.24, 2.45) is 0 Å². The van der Waals surface area contributed by atoms with Crippen molar-refractivity contribution in [3.05, 3.63) is 75.3 Å². The van der Waals surface area contributed by atoms with E-state index in [1.165, 1.54) is 4.40 Å². The second-order valence-corrected chi connectivity index (χ2v) is 8.46. The van der Waals surface area contributed by atoms with Crippen molar-refractivity contribution in [2.45, 2.75) is 25.8 Å². The number of hydrogen-bond acceptors (Lipinski definition) is 5. The zero-order valence-electron chi connectivity index (χ0n) is 18.2. The Bertz CT molecular complexity index is 1150. The van der Waals surface area contributed by atoms with E-state index in [-0.39, 0.29) is 11.5 Å². The summed E-state index contributed by atoms with van der Waals surface area (Å²) in [5.41, 5.74) is 2.31. The molecule has 0 radical (unpaired) electrons. The second-order valence-electron chi connectivity index (χ2n) is 8.02. The molecule has 1 fully saturated rings. The van der Waals surface area contributed by atoms with Gasteiger partial charge in [0.15, 0.2) is 0 Å². The Kier molecular flexibility index (Phi) is 7.07. The largest absolute Gasteiger partial charge is 0.497 e. The molecule has 0 aliphatic carbocycles. The van der Waals surface area contributed by atoms with E-state index in [0.29, 0.717) is 30.2 Å². The van der Waals surface area contributed by atoms with Gasteiger partial charge in [0.25, 0.3) is 5.56 Å². The van der Waals surface area contributed by atoms with Gasteiger partial charge in [-0.15, -0.1) is 0 Å². The number of benzene rings is 1. The van der Waals surface area contributed by atoms with Crippen LogP contribution >= 0.6 is 11.6 Å². The predicted octanol–water partition coefficient (Wildman–Crippen LogP) is 3.02. The molecule has 8 heteroatoms. The number of amides is 1. The van der Waals surface area contributed by atoms with Crippen LogP contribution in [0.4, 0.5) is 0 Å². The molecule has 0 saturated carbocycles. The van der Waals surface area contributed by atoms with Crippen LogP contribution in [0.25, 0.3) is 5.65 Å². The number of halogens is 1. The number of pyridine rings is 1. The highest BCUT2D eigenvalue weighted by molar-refractivity contribution is 6.30. The summed E-state index contributed by atoms with van der Waals surface area (Å²) >= 11 is 5.98. The molecular weight excluding hydrogens is 428 g/mol. The van der Waals surface area contributed by atoms with Crippen LogP contribution in [-0.2, 0) is 17.8 Å². The SMILES string of the molecule is COc1ccc(CCC(=O)N2CCCN(Cc3cc(=O)n4cc(Cl)ccc4n3)CC2)cc1. The quantitative estimate of drug-likeness (QED) is 0.572. The normalized spacial score (nSPS) is 15.0. The highest BCUT2D eigenvalue weighted by Crippen LogP contribution is 2.15. The molecule has 1 aromatic carbocycles. The third kappa shape index (κ3) is 5.47. The number of carbonyl (C=O) groups is 1. The number of nitrogens with zero attached hydrogens (tertiary/aromatic N) is 4. The maximum absolute atomic E-state index is 12.7. The zero-order valence-corrected chi connectivity index (χ0v) is 18.9. The molecule has 7 nitrogen and oxygen atoms in total. The molecule has 0 N–H and O–H groups in total. The first kappa shape index (κ1) is 22.3. The number of carbonyl (C=O) groups excluding carboxylic acids is 1. The molecule has 32 heavy (non-hydrogen) atoms. The van der Waals surface area contributed by atoms with E-state index in [1.807, 2.05) is 29.2 Å². The standard InChI is InChI=1S/C24H27ClN4O3/c1-32-21-7-3-18(4-8-21)5-10-23(30)28-12-2-11-27(13-14-28)17-20-15-24(31)29-16-19(25)6-9-22(29)26-20/h3-4,6-9,15-16H,2,5,10-14,17H2,1H3. The summed E-state index contributed by atoms with van der Waals surface area (Å²) in [5.74, 6) is 1.00. The van der Waals surface area contributed by atoms with Gasteiger partial charge in [0.05, 0.1) is 17.8 Å². The molecule has 4 rings (SSSR count). The maximum atomic E-state index is 12.7. The van der Waals surface area contributed by atoms with Gasteiger partial charge in [-0.2, -0.15) is 0 Å². The number of hydrogen-bond donors (Lipinski definition) is 0. The lowest BCUT2D eigenvalue weighted by Crippen LogP contribution is -2.35. The van der Waals surface area contributed by atoms with Gasteiger partial charge in [-0.25, -0.2) is 4.98 Å². The predicted molar refractivity (Wildman–Crippen MR) is 124 cm³/mol. The van der Waals surface area contributed by atoms with Crippen molar-refractivity contribution in [1.29, 1.82) is 0 Å². The van der Waals surface area contributed by atoms with Gasteiger partial charge in [0.1, 0.15) is 11.4 Å². The number of ether oxygens (including phenoxy) is 1. The molecule has 0 unspecified atom stereocenters. The molecule has 168 valence electrons. The second kappa shape index (κ2) is 10.1. The van der Waals surface area contributed by atoms with Crippen molar-refractivity contribution in [3.8, 4) is 5.75 Å². The molecule has 1 saturated heterocycles. The summed E-state index contributed by atoms with van der Waals surface area (Å²) in [7, 11) is 1.64. The number of aryl methyl sites for hydroxylation is 1. The van der Waals surface area contributed by atoms with E-state index in [4.69, 9.17) is 16.3 Å². The van der Waals surface area contributed by atoms with Gasteiger partial charge < -0.3 is 9.64 Å². The first-order valence-corrected chi connectivity index (χ1v) is 11.2. The van der Waals surface area contributed by atoms with Gasteiger partial charge in [-0.05, 0) is 42.7 Å². The van der Waals surface area contributed by atoms with E-state index in [1.54, 1.807) is 31.5 Å². The van der Waals surface area contributed by atoms with Crippen LogP contribution in [-0.4, -0.2) is 58.4 Å². The molecule has 2 aromatic heterocycles. The highest BCUT2D eigenvalue weighted by atomic mass is 35.5. The number of methoxy groups -OCH3 is 1. The van der Waals surface area contributed by atoms with Crippen LogP contribution in [0.5, 0.6) is 5.75 Å². The van der Waals surface area contributed by atoms with Crippen molar-refractivity contribution in [3.63, 3.8) is 0 Å². The zero-order chi connectivity index (χ0) is 22.5. The van der Waals surface area contributed by atoms with Crippen molar-refractivity contribution in [1.82, 2.24) is 19.2 Å². The Hall–Kier alpha value is -2.90. The third-order valence-corrected chi connectivity index (χ3v) is 6.01. The topological polar surface area (TPSA) is 67.2 Å². The lowest BCUT2D eigenvalue weighted by Gasteiger charge is -2.22. The molecule has 0 atom stereocenters. The first-order valence-electron chi connectivity index (χ1n) is 10.8. The lowest BCUT2D eigenvalue weighted by atomic mass is 10.1. The Morgan fingerprint density at radius 3 is 2.69 bits per heavy atom. The van der Waals surface area contributed by atoms with Crippen molar-refractivity contribution in [2.75, 3.05) is 33.3 Å². The molecule has 0 spiro atoms. The number of fused-ring (bicyclic) bond motifs is 1. The summed E-state index contributed by atoms with van der Waals surface area (Å²) in [4.78, 5) is 34.0. The summed E-state index contributed by atoms with van der Waals surface area (Å²) in [6.45, 7) is 3.65. The fourth-order valence-electron chi connectivity index (χ4n) is 4.02. The fourth-order valence-corrected chi connectivity index (χ4v) is 4.18. The maximum Gasteiger partial charge on any atom is 0.258 e. The average Bonchev–Trinajstić information content (AvgIpc) is 3.04. The summed E-state index contributed by atoms with van der Waals surface area (Å²) in [5, 5.41) is 0.499. The van der Waals surface area contributed by atoms with E-state index in [2.05, 4.69) is 9.88 Å². The Morgan fingerprint density at radius 2 is 1.91 bits per heavy atom. The van der Waals surface area contributed by atoms with Gasteiger partial charge in [0.2, 0.25) is 5.91 Å². The minimum atomic E-state index is -0.141. The lowest BCUT2D eigenvalue weighted by molar-refractivity contribution is -0.131. The fraction of sp³-hybridized carbons (Fsp3) is 0.375. The number of aromatic nitrogens is 2. The molecular formula is C24H27ClN4O3. The van der Waals surface area contributed by atoms with E-state index >= 15 is 0 Å². The molecule has 3 heterocycles. The number of rotatable bonds is 6. The van der Waals surface area contributed by atoms with Gasteiger partial charge in [-0.1, -0.05) is 23.7 Å². The van der Waals surface area contributed by atoms with Gasteiger partial charge in [0, 0.05) is 51.4 Å². The van der Waals surface area contributed by atoms with Crippen molar-refractivity contribution >= 4 is 23.2 Å². The average molecular weight is 455 g/mol. The Balaban J connectivity index is 1.32. The summed E-state index contributed by atoms with van der Waals surface area (Å²) < 4.78 is 6.64. The van der Waals surface area contributed by atoms with Crippen LogP contribution in [0.15, 0.2) is 53.5 Å². The van der Waals surface area contributed by atoms with Crippen LogP contribution < -0.4 is 10.3 Å². The summed E-state index contributed by atoms with van der Waals surface area (Å²) in [6, 6.07) is 12.9. The van der Waals surface area contributed by atoms with Crippen LogP contribution in [0, 0.1) is 0 Å². The highest BCUT2D eigenvalue weighted by Gasteiger charge is 2.19. The van der Waals surface area contributed by atoms with Crippen LogP contribution in [0.3, 0.4) is 0 Å². The third-order valence-electron chi connectivity index (χ3n) is 5.79. The first-order chi connectivity index (χ1) is 15.5. The smallest absolute Gasteiger partial charge is 0.258 e. The van der Waals surface area contributed by atoms with E-state index in [0.717, 1.165) is 49.5 Å². The van der Waals surface area contributed by atoms with Gasteiger partial charge >= 0.3 is 0 Å². The molecule has 1 amide bonds. The monoisotopic (exact) mass is 454 g/mol. The van der Waals surface area contributed by atoms with Crippen LogP contribution in [0.1, 0.15) is 24.1 Å². The molecule has 0 bridgehead atoms. The Labute approximate surface area is 192 Å². The molecule has 1 aliphatic heterocycles. The van der Waals surface area contributed by atoms with Crippen LogP contribution in [0.2, 0.25) is 5.02 Å². The van der Waals surface area contributed by atoms with Crippen molar-refractivity contribution < 1.29 is 9.53 Å². The summed E-state index contributed by atoms with van der Waals surface area (Å²) in [6.07, 6.45) is 3.70.